The molecule has 0 spiro atoms. The fourth-order valence-corrected chi connectivity index (χ4v) is 2.74. The number of halogens is 1. The van der Waals surface area contributed by atoms with Gasteiger partial charge in [-0.1, -0.05) is 40.7 Å². The Bertz CT molecular complexity index is 703. The van der Waals surface area contributed by atoms with Crippen molar-refractivity contribution in [3.05, 3.63) is 29.3 Å². The first-order valence-electron chi connectivity index (χ1n) is 6.65. The Kier molecular flexibility index (Phi) is 5.97. The number of anilines is 1. The van der Waals surface area contributed by atoms with Crippen LogP contribution in [0.15, 0.2) is 28.7 Å². The van der Waals surface area contributed by atoms with Gasteiger partial charge in [0.2, 0.25) is 11.8 Å². The molecule has 1 unspecified atom stereocenters. The summed E-state index contributed by atoms with van der Waals surface area (Å²) in [6, 6.07) is 7.01. The summed E-state index contributed by atoms with van der Waals surface area (Å²) in [5.41, 5.74) is 0.721. The van der Waals surface area contributed by atoms with Crippen molar-refractivity contribution in [2.24, 2.45) is 0 Å². The van der Waals surface area contributed by atoms with E-state index >= 15 is 0 Å². The van der Waals surface area contributed by atoms with Crippen LogP contribution in [-0.2, 0) is 4.79 Å². The van der Waals surface area contributed by atoms with Gasteiger partial charge in [0.25, 0.3) is 0 Å². The number of rotatable bonds is 4. The minimum atomic E-state index is -0.379. The van der Waals surface area contributed by atoms with Crippen LogP contribution in [0.5, 0.6) is 0 Å². The monoisotopic (exact) mass is 370 g/mol. The molecule has 0 bridgehead atoms. The minimum absolute atomic E-state index is 0.0446. The highest BCUT2D eigenvalue weighted by atomic mass is 35.5. The number of hydrogen-bond donors (Lipinski definition) is 1. The zero-order valence-electron chi connectivity index (χ0n) is 12.7. The molecule has 1 aromatic carbocycles. The maximum Gasteiger partial charge on any atom is 0.322 e. The van der Waals surface area contributed by atoms with Gasteiger partial charge in [-0.05, 0) is 31.2 Å². The number of benzene rings is 1. The number of hydrogen-bond acceptors (Lipinski definition) is 6. The number of amides is 1. The molecule has 2 aromatic rings. The summed E-state index contributed by atoms with van der Waals surface area (Å²) in [7, 11) is 3.66. The standard InChI is InChI=1S/C14H15ClN4O2S2/c1-8(23-14(22)19(2)3)11(20)16-13-18-17-12(21-13)9-4-6-10(15)7-5-9/h4-8H,1-3H3,(H,16,18,20). The van der Waals surface area contributed by atoms with Crippen LogP contribution in [0.25, 0.3) is 11.5 Å². The van der Waals surface area contributed by atoms with Crippen molar-refractivity contribution in [1.29, 1.82) is 0 Å². The summed E-state index contributed by atoms with van der Waals surface area (Å²) < 4.78 is 6.06. The van der Waals surface area contributed by atoms with Gasteiger partial charge >= 0.3 is 6.01 Å². The molecule has 0 saturated carbocycles. The average Bonchev–Trinajstić information content (AvgIpc) is 2.96. The zero-order valence-corrected chi connectivity index (χ0v) is 15.1. The van der Waals surface area contributed by atoms with Gasteiger partial charge in [-0.25, -0.2) is 0 Å². The highest BCUT2D eigenvalue weighted by Gasteiger charge is 2.19. The molecule has 0 fully saturated rings. The van der Waals surface area contributed by atoms with E-state index in [1.807, 2.05) is 14.1 Å². The Morgan fingerprint density at radius 2 is 2.00 bits per heavy atom. The van der Waals surface area contributed by atoms with Crippen molar-refractivity contribution in [2.45, 2.75) is 12.2 Å². The molecule has 6 nitrogen and oxygen atoms in total. The van der Waals surface area contributed by atoms with E-state index < -0.39 is 0 Å². The van der Waals surface area contributed by atoms with E-state index in [0.29, 0.717) is 15.2 Å². The third kappa shape index (κ3) is 4.92. The zero-order chi connectivity index (χ0) is 17.0. The van der Waals surface area contributed by atoms with Gasteiger partial charge in [0.05, 0.1) is 5.25 Å². The van der Waals surface area contributed by atoms with Crippen LogP contribution >= 0.6 is 35.6 Å². The second-order valence-corrected chi connectivity index (χ2v) is 7.24. The first kappa shape index (κ1) is 17.7. The average molecular weight is 371 g/mol. The largest absolute Gasteiger partial charge is 0.403 e. The van der Waals surface area contributed by atoms with Crippen molar-refractivity contribution in [3.63, 3.8) is 0 Å². The maximum absolute atomic E-state index is 12.1. The molecule has 0 aliphatic rings. The third-order valence-corrected chi connectivity index (χ3v) is 4.80. The Hall–Kier alpha value is -1.64. The first-order valence-corrected chi connectivity index (χ1v) is 8.31. The molecule has 2 rings (SSSR count). The van der Waals surface area contributed by atoms with Crippen LogP contribution in [0.3, 0.4) is 0 Å². The van der Waals surface area contributed by atoms with Gasteiger partial charge in [-0.2, -0.15) is 0 Å². The molecule has 1 atom stereocenters. The van der Waals surface area contributed by atoms with E-state index in [9.17, 15) is 4.79 Å². The molecule has 9 heteroatoms. The molecule has 1 N–H and O–H groups in total. The van der Waals surface area contributed by atoms with E-state index in [-0.39, 0.29) is 17.2 Å². The van der Waals surface area contributed by atoms with Gasteiger partial charge in [-0.15, -0.1) is 5.10 Å². The normalized spacial score (nSPS) is 11.8. The summed E-state index contributed by atoms with van der Waals surface area (Å²) in [4.78, 5) is 13.9. The number of nitrogens with zero attached hydrogens (tertiary/aromatic N) is 3. The Morgan fingerprint density at radius 3 is 2.61 bits per heavy atom. The van der Waals surface area contributed by atoms with Gasteiger partial charge in [0.1, 0.15) is 4.32 Å². The van der Waals surface area contributed by atoms with E-state index in [4.69, 9.17) is 28.2 Å². The molecule has 23 heavy (non-hydrogen) atoms. The molecular weight excluding hydrogens is 356 g/mol. The van der Waals surface area contributed by atoms with Crippen molar-refractivity contribution < 1.29 is 9.21 Å². The lowest BCUT2D eigenvalue weighted by molar-refractivity contribution is -0.115. The number of aromatic nitrogens is 2. The topological polar surface area (TPSA) is 71.3 Å². The van der Waals surface area contributed by atoms with E-state index in [1.165, 1.54) is 11.8 Å². The van der Waals surface area contributed by atoms with Crippen LogP contribution < -0.4 is 5.32 Å². The Morgan fingerprint density at radius 1 is 1.35 bits per heavy atom. The molecule has 0 saturated heterocycles. The number of thioether (sulfide) groups is 1. The smallest absolute Gasteiger partial charge is 0.322 e. The summed E-state index contributed by atoms with van der Waals surface area (Å²) in [6.07, 6.45) is 0. The van der Waals surface area contributed by atoms with Crippen molar-refractivity contribution in [2.75, 3.05) is 19.4 Å². The molecule has 1 heterocycles. The molecule has 0 aliphatic heterocycles. The van der Waals surface area contributed by atoms with Crippen molar-refractivity contribution in [3.8, 4) is 11.5 Å². The van der Waals surface area contributed by atoms with Crippen LogP contribution in [-0.4, -0.2) is 44.7 Å². The van der Waals surface area contributed by atoms with E-state index in [1.54, 1.807) is 36.1 Å². The van der Waals surface area contributed by atoms with Crippen LogP contribution in [0, 0.1) is 0 Å². The summed E-state index contributed by atoms with van der Waals surface area (Å²) in [5, 5.41) is 10.5. The predicted molar refractivity (Wildman–Crippen MR) is 96.7 cm³/mol. The van der Waals surface area contributed by atoms with Gasteiger partial charge in [0.15, 0.2) is 0 Å². The van der Waals surface area contributed by atoms with Crippen molar-refractivity contribution in [1.82, 2.24) is 15.1 Å². The van der Waals surface area contributed by atoms with Crippen LogP contribution in [0.4, 0.5) is 6.01 Å². The van der Waals surface area contributed by atoms with Gasteiger partial charge in [0, 0.05) is 24.7 Å². The molecule has 0 radical (unpaired) electrons. The SMILES string of the molecule is CC(SC(=S)N(C)C)C(=O)Nc1nnc(-c2ccc(Cl)cc2)o1. The van der Waals surface area contributed by atoms with E-state index in [2.05, 4.69) is 15.5 Å². The lowest BCUT2D eigenvalue weighted by Gasteiger charge is -2.16. The lowest BCUT2D eigenvalue weighted by Crippen LogP contribution is -2.27. The van der Waals surface area contributed by atoms with E-state index in [0.717, 1.165) is 5.56 Å². The highest BCUT2D eigenvalue weighted by Crippen LogP contribution is 2.22. The maximum atomic E-state index is 12.1. The van der Waals surface area contributed by atoms with Crippen LogP contribution in [0.2, 0.25) is 5.02 Å². The highest BCUT2D eigenvalue weighted by molar-refractivity contribution is 8.23. The first-order chi connectivity index (χ1) is 10.9. The number of carbonyl (C=O) groups is 1. The quantitative estimate of drug-likeness (QED) is 0.828. The Balaban J connectivity index is 1.99. The number of carbonyl (C=O) groups excluding carboxylic acids is 1. The van der Waals surface area contributed by atoms with Crippen LogP contribution in [0.1, 0.15) is 6.92 Å². The lowest BCUT2D eigenvalue weighted by atomic mass is 10.2. The Labute approximate surface area is 148 Å². The number of thiocarbonyl (C=S) groups is 1. The molecule has 1 amide bonds. The minimum Gasteiger partial charge on any atom is -0.403 e. The fourth-order valence-electron chi connectivity index (χ4n) is 1.50. The number of nitrogens with one attached hydrogen (secondary N) is 1. The van der Waals surface area contributed by atoms with Gasteiger partial charge in [-0.3, -0.25) is 10.1 Å². The second-order valence-electron chi connectivity index (χ2n) is 4.83. The van der Waals surface area contributed by atoms with Gasteiger partial charge < -0.3 is 9.32 Å². The molecule has 122 valence electrons. The molecule has 1 aromatic heterocycles. The summed E-state index contributed by atoms with van der Waals surface area (Å²) >= 11 is 12.3. The third-order valence-electron chi connectivity index (χ3n) is 2.76. The molecular formula is C14H15ClN4O2S2. The summed E-state index contributed by atoms with van der Waals surface area (Å²) in [5.74, 6) is 0.0478. The second kappa shape index (κ2) is 7.76. The fraction of sp³-hybridized carbons (Fsp3) is 0.286. The molecule has 0 aliphatic carbocycles. The summed E-state index contributed by atoms with van der Waals surface area (Å²) in [6.45, 7) is 1.76. The predicted octanol–water partition coefficient (Wildman–Crippen LogP) is 3.30. The van der Waals surface area contributed by atoms with Crippen molar-refractivity contribution >= 4 is 51.8 Å².